The number of halogens is 2. The highest BCUT2D eigenvalue weighted by atomic mass is 79.9. The van der Waals surface area contributed by atoms with E-state index in [0.717, 1.165) is 27.2 Å². The van der Waals surface area contributed by atoms with E-state index in [1.54, 1.807) is 0 Å². The second kappa shape index (κ2) is 6.26. The van der Waals surface area contributed by atoms with Crippen molar-refractivity contribution < 1.29 is 4.74 Å². The molecule has 0 fully saturated rings. The predicted octanol–water partition coefficient (Wildman–Crippen LogP) is 5.12. The summed E-state index contributed by atoms with van der Waals surface area (Å²) in [6.45, 7) is 2.62. The fraction of sp³-hybridized carbons (Fsp3) is 0.200. The summed E-state index contributed by atoms with van der Waals surface area (Å²) in [7, 11) is 0. The van der Waals surface area contributed by atoms with Crippen molar-refractivity contribution in [2.75, 3.05) is 0 Å². The van der Waals surface area contributed by atoms with E-state index in [9.17, 15) is 0 Å². The second-order valence-electron chi connectivity index (χ2n) is 4.11. The minimum absolute atomic E-state index is 0.558. The maximum absolute atomic E-state index is 5.91. The molecular weight excluding hydrogens is 312 g/mol. The number of alkyl halides is 1. The standard InChI is InChI=1S/C15H14BrClO/c1-11-3-2-4-13(9-16)15(11)18-10-12-5-7-14(17)8-6-12/h2-8H,9-10H2,1H3. The van der Waals surface area contributed by atoms with Crippen molar-refractivity contribution >= 4 is 27.5 Å². The first kappa shape index (κ1) is 13.4. The summed E-state index contributed by atoms with van der Waals surface area (Å²) in [5.74, 6) is 0.962. The highest BCUT2D eigenvalue weighted by Crippen LogP contribution is 2.26. The zero-order valence-electron chi connectivity index (χ0n) is 10.1. The molecule has 0 heterocycles. The van der Waals surface area contributed by atoms with Crippen LogP contribution in [0.5, 0.6) is 5.75 Å². The van der Waals surface area contributed by atoms with Crippen molar-refractivity contribution in [3.8, 4) is 5.75 Å². The van der Waals surface area contributed by atoms with Gasteiger partial charge in [0.25, 0.3) is 0 Å². The Balaban J connectivity index is 2.12. The van der Waals surface area contributed by atoms with Crippen molar-refractivity contribution in [1.82, 2.24) is 0 Å². The molecule has 0 saturated heterocycles. The Morgan fingerprint density at radius 1 is 1.11 bits per heavy atom. The minimum Gasteiger partial charge on any atom is -0.488 e. The summed E-state index contributed by atoms with van der Waals surface area (Å²) in [6.07, 6.45) is 0. The van der Waals surface area contributed by atoms with Crippen molar-refractivity contribution in [1.29, 1.82) is 0 Å². The fourth-order valence-electron chi connectivity index (χ4n) is 1.76. The summed E-state index contributed by atoms with van der Waals surface area (Å²) < 4.78 is 5.91. The van der Waals surface area contributed by atoms with Crippen molar-refractivity contribution in [2.24, 2.45) is 0 Å². The molecule has 0 bridgehead atoms. The first-order valence-corrected chi connectivity index (χ1v) is 7.22. The molecule has 0 saturated carbocycles. The average Bonchev–Trinajstić information content (AvgIpc) is 2.39. The van der Waals surface area contributed by atoms with Gasteiger partial charge in [0, 0.05) is 15.9 Å². The third kappa shape index (κ3) is 3.27. The quantitative estimate of drug-likeness (QED) is 0.709. The van der Waals surface area contributed by atoms with Crippen LogP contribution >= 0.6 is 27.5 Å². The lowest BCUT2D eigenvalue weighted by Crippen LogP contribution is -1.99. The minimum atomic E-state index is 0.558. The molecule has 0 unspecified atom stereocenters. The maximum atomic E-state index is 5.91. The third-order valence-electron chi connectivity index (χ3n) is 2.73. The van der Waals surface area contributed by atoms with Crippen LogP contribution in [0.1, 0.15) is 16.7 Å². The van der Waals surface area contributed by atoms with Crippen LogP contribution in [0, 0.1) is 6.92 Å². The highest BCUT2D eigenvalue weighted by molar-refractivity contribution is 9.08. The van der Waals surface area contributed by atoms with Crippen LogP contribution in [-0.4, -0.2) is 0 Å². The molecule has 2 aromatic carbocycles. The van der Waals surface area contributed by atoms with Gasteiger partial charge in [0.15, 0.2) is 0 Å². The lowest BCUT2D eigenvalue weighted by Gasteiger charge is -2.13. The zero-order chi connectivity index (χ0) is 13.0. The van der Waals surface area contributed by atoms with E-state index in [1.165, 1.54) is 5.56 Å². The summed E-state index contributed by atoms with van der Waals surface area (Å²) in [4.78, 5) is 0. The Kier molecular flexibility index (Phi) is 4.67. The molecule has 1 nitrogen and oxygen atoms in total. The molecule has 0 aromatic heterocycles. The van der Waals surface area contributed by atoms with E-state index in [2.05, 4.69) is 35.0 Å². The topological polar surface area (TPSA) is 9.23 Å². The molecule has 18 heavy (non-hydrogen) atoms. The molecule has 3 heteroatoms. The van der Waals surface area contributed by atoms with Gasteiger partial charge in [-0.15, -0.1) is 0 Å². The zero-order valence-corrected chi connectivity index (χ0v) is 12.5. The van der Waals surface area contributed by atoms with Gasteiger partial charge in [-0.25, -0.2) is 0 Å². The second-order valence-corrected chi connectivity index (χ2v) is 5.11. The van der Waals surface area contributed by atoms with Crippen LogP contribution in [0.15, 0.2) is 42.5 Å². The van der Waals surface area contributed by atoms with Gasteiger partial charge in [-0.2, -0.15) is 0 Å². The molecule has 0 N–H and O–H groups in total. The summed E-state index contributed by atoms with van der Waals surface area (Å²) in [5.41, 5.74) is 3.44. The molecular formula is C15H14BrClO. The van der Waals surface area contributed by atoms with Gasteiger partial charge in [-0.05, 0) is 30.2 Å². The SMILES string of the molecule is Cc1cccc(CBr)c1OCc1ccc(Cl)cc1. The average molecular weight is 326 g/mol. The van der Waals surface area contributed by atoms with Gasteiger partial charge >= 0.3 is 0 Å². The van der Waals surface area contributed by atoms with E-state index < -0.39 is 0 Å². The fourth-order valence-corrected chi connectivity index (χ4v) is 2.33. The Labute approximate surface area is 121 Å². The third-order valence-corrected chi connectivity index (χ3v) is 3.59. The van der Waals surface area contributed by atoms with E-state index in [1.807, 2.05) is 30.3 Å². The van der Waals surface area contributed by atoms with Crippen LogP contribution in [0.3, 0.4) is 0 Å². The Morgan fingerprint density at radius 3 is 2.50 bits per heavy atom. The lowest BCUT2D eigenvalue weighted by molar-refractivity contribution is 0.302. The summed E-state index contributed by atoms with van der Waals surface area (Å²) in [6, 6.07) is 13.9. The number of ether oxygens (including phenoxy) is 1. The van der Waals surface area contributed by atoms with Crippen LogP contribution in [0.4, 0.5) is 0 Å². The van der Waals surface area contributed by atoms with Gasteiger partial charge in [0.1, 0.15) is 12.4 Å². The molecule has 0 aliphatic rings. The highest BCUT2D eigenvalue weighted by Gasteiger charge is 2.06. The Bertz CT molecular complexity index is 523. The van der Waals surface area contributed by atoms with Crippen molar-refractivity contribution in [3.63, 3.8) is 0 Å². The smallest absolute Gasteiger partial charge is 0.126 e. The van der Waals surface area contributed by atoms with Gasteiger partial charge in [-0.1, -0.05) is 57.9 Å². The molecule has 0 amide bonds. The van der Waals surface area contributed by atoms with Crippen LogP contribution in [0.25, 0.3) is 0 Å². The largest absolute Gasteiger partial charge is 0.488 e. The van der Waals surface area contributed by atoms with E-state index in [-0.39, 0.29) is 0 Å². The van der Waals surface area contributed by atoms with Gasteiger partial charge in [0.05, 0.1) is 0 Å². The number of aryl methyl sites for hydroxylation is 1. The van der Waals surface area contributed by atoms with Crippen LogP contribution in [0.2, 0.25) is 5.02 Å². The summed E-state index contributed by atoms with van der Waals surface area (Å²) in [5, 5.41) is 1.54. The molecule has 0 spiro atoms. The van der Waals surface area contributed by atoms with Crippen LogP contribution < -0.4 is 4.74 Å². The number of hydrogen-bond acceptors (Lipinski definition) is 1. The van der Waals surface area contributed by atoms with E-state index >= 15 is 0 Å². The molecule has 0 aliphatic heterocycles. The van der Waals surface area contributed by atoms with E-state index in [4.69, 9.17) is 16.3 Å². The van der Waals surface area contributed by atoms with Gasteiger partial charge < -0.3 is 4.74 Å². The Hall–Kier alpha value is -0.990. The number of hydrogen-bond donors (Lipinski definition) is 0. The van der Waals surface area contributed by atoms with Crippen molar-refractivity contribution in [2.45, 2.75) is 18.9 Å². The number of benzene rings is 2. The number of rotatable bonds is 4. The maximum Gasteiger partial charge on any atom is 0.126 e. The predicted molar refractivity (Wildman–Crippen MR) is 79.6 cm³/mol. The first-order valence-electron chi connectivity index (χ1n) is 5.72. The lowest BCUT2D eigenvalue weighted by atomic mass is 10.1. The molecule has 0 aliphatic carbocycles. The first-order chi connectivity index (χ1) is 8.70. The normalized spacial score (nSPS) is 10.4. The molecule has 2 rings (SSSR count). The molecule has 94 valence electrons. The number of para-hydroxylation sites is 1. The van der Waals surface area contributed by atoms with Gasteiger partial charge in [0.2, 0.25) is 0 Å². The monoisotopic (exact) mass is 324 g/mol. The van der Waals surface area contributed by atoms with Crippen LogP contribution in [-0.2, 0) is 11.9 Å². The van der Waals surface area contributed by atoms with Crippen molar-refractivity contribution in [3.05, 3.63) is 64.2 Å². The molecule has 2 aromatic rings. The Morgan fingerprint density at radius 2 is 1.83 bits per heavy atom. The molecule has 0 radical (unpaired) electrons. The van der Waals surface area contributed by atoms with Gasteiger partial charge in [-0.3, -0.25) is 0 Å². The van der Waals surface area contributed by atoms with E-state index in [0.29, 0.717) is 6.61 Å². The summed E-state index contributed by atoms with van der Waals surface area (Å²) >= 11 is 9.34. The molecule has 0 atom stereocenters.